The van der Waals surface area contributed by atoms with Crippen molar-refractivity contribution in [1.29, 1.82) is 0 Å². The van der Waals surface area contributed by atoms with Gasteiger partial charge < -0.3 is 10.4 Å². The molecule has 0 saturated heterocycles. The van der Waals surface area contributed by atoms with Gasteiger partial charge in [-0.2, -0.15) is 0 Å². The van der Waals surface area contributed by atoms with Crippen molar-refractivity contribution >= 4 is 27.3 Å². The number of benzene rings is 2. The second kappa shape index (κ2) is 6.44. The van der Waals surface area contributed by atoms with Gasteiger partial charge in [0.05, 0.1) is 5.56 Å². The second-order valence-electron chi connectivity index (χ2n) is 5.04. The number of fused-ring (bicyclic) bond motifs is 1. The zero-order chi connectivity index (χ0) is 16.4. The summed E-state index contributed by atoms with van der Waals surface area (Å²) in [5.41, 5.74) is -0.255. The number of halogens is 2. The number of aliphatic hydroxyl groups is 1. The summed E-state index contributed by atoms with van der Waals surface area (Å²) in [6.45, 7) is -0.0531. The molecule has 0 fully saturated rings. The minimum Gasteiger partial charge on any atom is -0.386 e. The molecule has 0 saturated carbocycles. The fraction of sp³-hybridized carbons (Fsp3) is 0.118. The molecule has 2 N–H and O–H groups in total. The molecule has 1 heterocycles. The van der Waals surface area contributed by atoms with Crippen LogP contribution in [0.3, 0.4) is 0 Å². The summed E-state index contributed by atoms with van der Waals surface area (Å²) >= 11 is 1.43. The van der Waals surface area contributed by atoms with E-state index in [9.17, 15) is 18.7 Å². The summed E-state index contributed by atoms with van der Waals surface area (Å²) in [5, 5.41) is 13.6. The molecule has 0 aliphatic rings. The Bertz CT molecular complexity index is 830. The molecule has 23 heavy (non-hydrogen) atoms. The van der Waals surface area contributed by atoms with Crippen LogP contribution >= 0.6 is 11.3 Å². The summed E-state index contributed by atoms with van der Waals surface area (Å²) in [7, 11) is 0. The highest BCUT2D eigenvalue weighted by atomic mass is 32.1. The van der Waals surface area contributed by atoms with E-state index >= 15 is 0 Å². The first-order valence-electron chi connectivity index (χ1n) is 6.94. The van der Waals surface area contributed by atoms with E-state index < -0.39 is 23.6 Å². The van der Waals surface area contributed by atoms with Gasteiger partial charge in [-0.3, -0.25) is 4.79 Å². The maximum absolute atomic E-state index is 13.5. The van der Waals surface area contributed by atoms with Crippen LogP contribution in [-0.4, -0.2) is 17.6 Å². The van der Waals surface area contributed by atoms with Crippen LogP contribution in [0.2, 0.25) is 0 Å². The molecule has 0 aliphatic heterocycles. The summed E-state index contributed by atoms with van der Waals surface area (Å²) in [6, 6.07) is 12.3. The molecular formula is C17H13F2NO2S. The average molecular weight is 333 g/mol. The van der Waals surface area contributed by atoms with Crippen molar-refractivity contribution in [3.05, 3.63) is 70.6 Å². The number of carbonyl (C=O) groups is 1. The highest BCUT2D eigenvalue weighted by Crippen LogP contribution is 2.29. The van der Waals surface area contributed by atoms with Gasteiger partial charge >= 0.3 is 0 Å². The summed E-state index contributed by atoms with van der Waals surface area (Å²) in [5.74, 6) is -2.37. The molecule has 118 valence electrons. The van der Waals surface area contributed by atoms with Crippen LogP contribution < -0.4 is 5.32 Å². The number of rotatable bonds is 4. The lowest BCUT2D eigenvalue weighted by atomic mass is 10.2. The lowest BCUT2D eigenvalue weighted by Crippen LogP contribution is -2.28. The largest absolute Gasteiger partial charge is 0.386 e. The highest BCUT2D eigenvalue weighted by Gasteiger charge is 2.16. The topological polar surface area (TPSA) is 49.3 Å². The molecule has 0 radical (unpaired) electrons. The highest BCUT2D eigenvalue weighted by molar-refractivity contribution is 7.19. The van der Waals surface area contributed by atoms with Crippen LogP contribution in [0.5, 0.6) is 0 Å². The van der Waals surface area contributed by atoms with Crippen molar-refractivity contribution in [3.8, 4) is 0 Å². The van der Waals surface area contributed by atoms with Crippen LogP contribution in [0.4, 0.5) is 8.78 Å². The molecule has 0 spiro atoms. The van der Waals surface area contributed by atoms with Crippen LogP contribution in [0, 0.1) is 11.6 Å². The third-order valence-electron chi connectivity index (χ3n) is 3.40. The molecule has 1 atom stereocenters. The van der Waals surface area contributed by atoms with Crippen LogP contribution in [0.1, 0.15) is 21.3 Å². The van der Waals surface area contributed by atoms with E-state index in [4.69, 9.17) is 0 Å². The fourth-order valence-electron chi connectivity index (χ4n) is 2.23. The van der Waals surface area contributed by atoms with E-state index in [1.807, 2.05) is 30.3 Å². The van der Waals surface area contributed by atoms with Gasteiger partial charge in [-0.25, -0.2) is 8.78 Å². The van der Waals surface area contributed by atoms with Gasteiger partial charge in [0.2, 0.25) is 0 Å². The minimum atomic E-state index is -0.932. The van der Waals surface area contributed by atoms with Gasteiger partial charge in [-0.15, -0.1) is 11.3 Å². The first kappa shape index (κ1) is 15.6. The van der Waals surface area contributed by atoms with Gasteiger partial charge in [0.1, 0.15) is 17.7 Å². The van der Waals surface area contributed by atoms with E-state index in [1.54, 1.807) is 0 Å². The number of amides is 1. The number of hydrogen-bond donors (Lipinski definition) is 2. The molecular weight excluding hydrogens is 320 g/mol. The molecule has 3 rings (SSSR count). The maximum atomic E-state index is 13.5. The Morgan fingerprint density at radius 2 is 1.96 bits per heavy atom. The average Bonchev–Trinajstić information content (AvgIpc) is 2.96. The van der Waals surface area contributed by atoms with Crippen LogP contribution in [0.25, 0.3) is 10.1 Å². The molecule has 1 amide bonds. The monoisotopic (exact) mass is 333 g/mol. The molecule has 2 aromatic carbocycles. The van der Waals surface area contributed by atoms with Gasteiger partial charge in [0.15, 0.2) is 0 Å². The lowest BCUT2D eigenvalue weighted by molar-refractivity contribution is 0.0914. The van der Waals surface area contributed by atoms with Crippen molar-refractivity contribution in [2.45, 2.75) is 6.10 Å². The Hall–Kier alpha value is -2.31. The van der Waals surface area contributed by atoms with Crippen molar-refractivity contribution in [2.75, 3.05) is 6.54 Å². The maximum Gasteiger partial charge on any atom is 0.254 e. The predicted molar refractivity (Wildman–Crippen MR) is 85.5 cm³/mol. The Morgan fingerprint density at radius 3 is 2.70 bits per heavy atom. The normalized spacial score (nSPS) is 12.3. The number of carbonyl (C=O) groups excluding carboxylic acids is 1. The Kier molecular flexibility index (Phi) is 4.36. The summed E-state index contributed by atoms with van der Waals surface area (Å²) in [6.07, 6.45) is -0.889. The smallest absolute Gasteiger partial charge is 0.254 e. The molecule has 3 nitrogen and oxygen atoms in total. The summed E-state index contributed by atoms with van der Waals surface area (Å²) < 4.78 is 27.4. The zero-order valence-electron chi connectivity index (χ0n) is 11.9. The Morgan fingerprint density at radius 1 is 1.17 bits per heavy atom. The van der Waals surface area contributed by atoms with Crippen LogP contribution in [-0.2, 0) is 0 Å². The zero-order valence-corrected chi connectivity index (χ0v) is 12.7. The predicted octanol–water partition coefficient (Wildman–Crippen LogP) is 3.64. The van der Waals surface area contributed by atoms with Crippen LogP contribution in [0.15, 0.2) is 48.5 Å². The van der Waals surface area contributed by atoms with Gasteiger partial charge in [0.25, 0.3) is 5.91 Å². The molecule has 6 heteroatoms. The second-order valence-corrected chi connectivity index (χ2v) is 6.15. The van der Waals surface area contributed by atoms with E-state index in [-0.39, 0.29) is 12.1 Å². The third kappa shape index (κ3) is 3.38. The summed E-state index contributed by atoms with van der Waals surface area (Å²) in [4.78, 5) is 12.6. The van der Waals surface area contributed by atoms with E-state index in [0.29, 0.717) is 10.9 Å². The van der Waals surface area contributed by atoms with Crippen molar-refractivity contribution in [2.24, 2.45) is 0 Å². The van der Waals surface area contributed by atoms with E-state index in [2.05, 4.69) is 5.32 Å². The molecule has 1 unspecified atom stereocenters. The van der Waals surface area contributed by atoms with Gasteiger partial charge in [-0.1, -0.05) is 18.2 Å². The molecule has 3 aromatic rings. The number of thiophene rings is 1. The number of nitrogens with one attached hydrogen (secondary N) is 1. The van der Waals surface area contributed by atoms with Gasteiger partial charge in [-0.05, 0) is 29.7 Å². The number of hydrogen-bond acceptors (Lipinski definition) is 3. The van der Waals surface area contributed by atoms with E-state index in [1.165, 1.54) is 11.3 Å². The molecule has 0 aliphatic carbocycles. The Balaban J connectivity index is 1.68. The van der Waals surface area contributed by atoms with Crippen molar-refractivity contribution in [1.82, 2.24) is 5.32 Å². The first-order valence-corrected chi connectivity index (χ1v) is 7.76. The van der Waals surface area contributed by atoms with Gasteiger partial charge in [0, 0.05) is 22.2 Å². The Labute approximate surface area is 135 Å². The van der Waals surface area contributed by atoms with Crippen molar-refractivity contribution < 1.29 is 18.7 Å². The fourth-order valence-corrected chi connectivity index (χ4v) is 3.28. The molecule has 0 bridgehead atoms. The SMILES string of the molecule is O=C(NCC(O)c1cc2ccccc2s1)c1ccc(F)cc1F. The standard InChI is InChI=1S/C17H13F2NO2S/c18-11-5-6-12(13(19)8-11)17(22)20-9-14(21)16-7-10-3-1-2-4-15(10)23-16/h1-8,14,21H,9H2,(H,20,22). The lowest BCUT2D eigenvalue weighted by Gasteiger charge is -2.10. The van der Waals surface area contributed by atoms with Crippen molar-refractivity contribution in [3.63, 3.8) is 0 Å². The van der Waals surface area contributed by atoms with E-state index in [0.717, 1.165) is 22.2 Å². The minimum absolute atomic E-state index is 0.0531. The third-order valence-corrected chi connectivity index (χ3v) is 4.62. The first-order chi connectivity index (χ1) is 11.0. The number of aliphatic hydroxyl groups excluding tert-OH is 1. The molecule has 1 aromatic heterocycles. The quantitative estimate of drug-likeness (QED) is 0.766.